The van der Waals surface area contributed by atoms with Crippen LogP contribution in [0.15, 0.2) is 58.4 Å². The summed E-state index contributed by atoms with van der Waals surface area (Å²) in [6.45, 7) is 12.2. The molecule has 2 aromatic heterocycles. The van der Waals surface area contributed by atoms with E-state index in [9.17, 15) is 14.0 Å². The molecule has 0 aromatic carbocycles. The van der Waals surface area contributed by atoms with E-state index in [1.54, 1.807) is 19.2 Å². The Kier molecular flexibility index (Phi) is 6.76. The normalized spacial score (nSPS) is 12.1. The van der Waals surface area contributed by atoms with Gasteiger partial charge in [-0.25, -0.2) is 14.2 Å². The van der Waals surface area contributed by atoms with E-state index in [4.69, 9.17) is 4.74 Å². The molecule has 146 valence electrons. The molecule has 7 heteroatoms. The average Bonchev–Trinajstić information content (AvgIpc) is 2.65. The van der Waals surface area contributed by atoms with Gasteiger partial charge in [-0.15, -0.1) is 0 Å². The average molecular weight is 383 g/mol. The van der Waals surface area contributed by atoms with Gasteiger partial charge in [0, 0.05) is 11.6 Å². The number of pyridine rings is 2. The third kappa shape index (κ3) is 4.68. The summed E-state index contributed by atoms with van der Waals surface area (Å²) in [5.74, 6) is -1.14. The van der Waals surface area contributed by atoms with Gasteiger partial charge in [-0.2, -0.15) is 0 Å². The topological polar surface area (TPSA) is 73.5 Å². The van der Waals surface area contributed by atoms with Crippen molar-refractivity contribution < 1.29 is 13.9 Å². The summed E-state index contributed by atoms with van der Waals surface area (Å²) < 4.78 is 19.3. The first-order valence-electron chi connectivity index (χ1n) is 8.64. The molecule has 0 radical (unpaired) electrons. The first-order chi connectivity index (χ1) is 13.3. The first kappa shape index (κ1) is 21.0. The van der Waals surface area contributed by atoms with Crippen molar-refractivity contribution in [2.24, 2.45) is 4.99 Å². The SMILES string of the molecule is C=N/C(=C\C=C(/C)F)Cn1c(=O)c(C(=O)OCC)cc2cc(C(=C)C)cnc21. The van der Waals surface area contributed by atoms with Gasteiger partial charge in [-0.05, 0) is 62.9 Å². The Labute approximate surface area is 162 Å². The molecular formula is C21H22FN3O3. The Hall–Kier alpha value is -3.35. The second kappa shape index (κ2) is 9.03. The van der Waals surface area contributed by atoms with Gasteiger partial charge in [0.25, 0.3) is 5.56 Å². The number of rotatable bonds is 7. The zero-order valence-electron chi connectivity index (χ0n) is 16.2. The van der Waals surface area contributed by atoms with E-state index in [0.717, 1.165) is 11.1 Å². The van der Waals surface area contributed by atoms with Crippen molar-refractivity contribution >= 4 is 29.3 Å². The molecule has 6 nitrogen and oxygen atoms in total. The second-order valence-corrected chi connectivity index (χ2v) is 6.16. The number of carbonyl (C=O) groups excluding carboxylic acids is 1. The van der Waals surface area contributed by atoms with Crippen molar-refractivity contribution in [3.8, 4) is 0 Å². The molecule has 0 fully saturated rings. The highest BCUT2D eigenvalue weighted by molar-refractivity contribution is 5.93. The van der Waals surface area contributed by atoms with Crippen LogP contribution < -0.4 is 5.56 Å². The van der Waals surface area contributed by atoms with Crippen molar-refractivity contribution in [3.63, 3.8) is 0 Å². The molecule has 2 rings (SSSR count). The maximum absolute atomic E-state index is 13.0. The third-order valence-corrected chi connectivity index (χ3v) is 3.94. The van der Waals surface area contributed by atoms with Crippen LogP contribution in [0, 0.1) is 0 Å². The summed E-state index contributed by atoms with van der Waals surface area (Å²) in [7, 11) is 0. The van der Waals surface area contributed by atoms with Crippen LogP contribution in [0.3, 0.4) is 0 Å². The smallest absolute Gasteiger partial charge is 0.343 e. The molecule has 28 heavy (non-hydrogen) atoms. The van der Waals surface area contributed by atoms with E-state index < -0.39 is 17.4 Å². The quantitative estimate of drug-likeness (QED) is 0.410. The number of nitrogens with zero attached hydrogens (tertiary/aromatic N) is 3. The molecule has 0 aliphatic rings. The molecular weight excluding hydrogens is 361 g/mol. The van der Waals surface area contributed by atoms with Gasteiger partial charge in [0.2, 0.25) is 0 Å². The minimum atomic E-state index is -0.722. The number of allylic oxidation sites excluding steroid dienone is 5. The van der Waals surface area contributed by atoms with Crippen LogP contribution in [0.2, 0.25) is 0 Å². The lowest BCUT2D eigenvalue weighted by Gasteiger charge is -2.13. The second-order valence-electron chi connectivity index (χ2n) is 6.16. The highest BCUT2D eigenvalue weighted by Gasteiger charge is 2.18. The summed E-state index contributed by atoms with van der Waals surface area (Å²) in [5.41, 5.74) is 1.58. The Balaban J connectivity index is 2.75. The lowest BCUT2D eigenvalue weighted by Crippen LogP contribution is -2.28. The Morgan fingerprint density at radius 1 is 1.36 bits per heavy atom. The van der Waals surface area contributed by atoms with Crippen molar-refractivity contribution in [2.75, 3.05) is 6.61 Å². The van der Waals surface area contributed by atoms with Crippen LogP contribution in [0.5, 0.6) is 0 Å². The first-order valence-corrected chi connectivity index (χ1v) is 8.64. The number of carbonyl (C=O) groups is 1. The summed E-state index contributed by atoms with van der Waals surface area (Å²) in [4.78, 5) is 33.4. The van der Waals surface area contributed by atoms with Crippen LogP contribution in [-0.4, -0.2) is 28.8 Å². The van der Waals surface area contributed by atoms with Gasteiger partial charge in [0.15, 0.2) is 0 Å². The molecule has 0 bridgehead atoms. The summed E-state index contributed by atoms with van der Waals surface area (Å²) in [6, 6.07) is 3.25. The Bertz CT molecular complexity index is 1060. The summed E-state index contributed by atoms with van der Waals surface area (Å²) >= 11 is 0. The summed E-state index contributed by atoms with van der Waals surface area (Å²) in [5, 5.41) is 0.573. The molecule has 0 amide bonds. The fourth-order valence-electron chi connectivity index (χ4n) is 2.53. The predicted molar refractivity (Wildman–Crippen MR) is 109 cm³/mol. The van der Waals surface area contributed by atoms with Crippen molar-refractivity contribution in [1.29, 1.82) is 0 Å². The number of hydrogen-bond donors (Lipinski definition) is 0. The molecule has 0 unspecified atom stereocenters. The molecule has 0 N–H and O–H groups in total. The maximum Gasteiger partial charge on any atom is 0.343 e. The molecule has 2 heterocycles. The number of esters is 1. The van der Waals surface area contributed by atoms with Crippen LogP contribution in [-0.2, 0) is 11.3 Å². The fourth-order valence-corrected chi connectivity index (χ4v) is 2.53. The Morgan fingerprint density at radius 2 is 2.07 bits per heavy atom. The molecule has 0 atom stereocenters. The summed E-state index contributed by atoms with van der Waals surface area (Å²) in [6.07, 6.45) is 4.24. The zero-order chi connectivity index (χ0) is 20.8. The lowest BCUT2D eigenvalue weighted by molar-refractivity contribution is 0.0524. The van der Waals surface area contributed by atoms with E-state index in [0.29, 0.717) is 16.7 Å². The van der Waals surface area contributed by atoms with E-state index in [-0.39, 0.29) is 18.7 Å². The minimum absolute atomic E-state index is 0.0325. The third-order valence-electron chi connectivity index (χ3n) is 3.94. The van der Waals surface area contributed by atoms with E-state index in [1.165, 1.54) is 29.7 Å². The lowest BCUT2D eigenvalue weighted by atomic mass is 10.1. The largest absolute Gasteiger partial charge is 0.462 e. The number of aromatic nitrogens is 2. The number of ether oxygens (including phenoxy) is 1. The van der Waals surface area contributed by atoms with Gasteiger partial charge in [0.1, 0.15) is 11.2 Å². The van der Waals surface area contributed by atoms with Crippen molar-refractivity contribution in [2.45, 2.75) is 27.3 Å². The Morgan fingerprint density at radius 3 is 2.64 bits per heavy atom. The zero-order valence-corrected chi connectivity index (χ0v) is 16.2. The molecule has 0 aliphatic carbocycles. The van der Waals surface area contributed by atoms with E-state index >= 15 is 0 Å². The van der Waals surface area contributed by atoms with Crippen molar-refractivity contribution in [1.82, 2.24) is 9.55 Å². The van der Waals surface area contributed by atoms with Crippen LogP contribution in [0.1, 0.15) is 36.7 Å². The molecule has 2 aromatic rings. The molecule has 0 spiro atoms. The van der Waals surface area contributed by atoms with Gasteiger partial charge in [-0.3, -0.25) is 14.4 Å². The van der Waals surface area contributed by atoms with E-state index in [2.05, 4.69) is 23.3 Å². The van der Waals surface area contributed by atoms with Crippen LogP contribution >= 0.6 is 0 Å². The van der Waals surface area contributed by atoms with Crippen LogP contribution in [0.4, 0.5) is 4.39 Å². The minimum Gasteiger partial charge on any atom is -0.462 e. The number of aliphatic imine (C=N–C) groups is 1. The van der Waals surface area contributed by atoms with Gasteiger partial charge < -0.3 is 4.74 Å². The number of fused-ring (bicyclic) bond motifs is 1. The molecule has 0 saturated heterocycles. The number of hydrogen-bond acceptors (Lipinski definition) is 5. The van der Waals surface area contributed by atoms with E-state index in [1.807, 2.05) is 6.92 Å². The number of halogens is 1. The molecule has 0 aliphatic heterocycles. The maximum atomic E-state index is 13.0. The van der Waals surface area contributed by atoms with Gasteiger partial charge in [0.05, 0.1) is 24.7 Å². The monoisotopic (exact) mass is 383 g/mol. The standard InChI is InChI=1S/C21H22FN3O3/c1-6-28-21(27)18-10-15-9-16(13(2)3)11-24-19(15)25(20(18)26)12-17(23-5)8-7-14(4)22/h7-11H,2,5-6,12H2,1,3-4H3/b14-7+,17-8-. The van der Waals surface area contributed by atoms with Crippen molar-refractivity contribution in [3.05, 3.63) is 70.1 Å². The highest BCUT2D eigenvalue weighted by Crippen LogP contribution is 2.19. The highest BCUT2D eigenvalue weighted by atomic mass is 19.1. The predicted octanol–water partition coefficient (Wildman–Crippen LogP) is 4.06. The fraction of sp³-hybridized carbons (Fsp3) is 0.238. The van der Waals surface area contributed by atoms with Gasteiger partial charge >= 0.3 is 5.97 Å². The molecule has 0 saturated carbocycles. The van der Waals surface area contributed by atoms with Gasteiger partial charge in [-0.1, -0.05) is 6.58 Å². The van der Waals surface area contributed by atoms with Crippen LogP contribution in [0.25, 0.3) is 16.6 Å².